The first-order valence-corrected chi connectivity index (χ1v) is 5.69. The molecule has 0 aromatic carbocycles. The maximum absolute atomic E-state index is 8.84. The minimum atomic E-state index is 0.217. The lowest BCUT2D eigenvalue weighted by molar-refractivity contribution is 0.266. The molecule has 0 spiro atoms. The van der Waals surface area contributed by atoms with Gasteiger partial charge in [-0.2, -0.15) is 5.10 Å². The molecule has 0 aliphatic rings. The number of aryl methyl sites for hydroxylation is 1. The van der Waals surface area contributed by atoms with Gasteiger partial charge in [-0.15, -0.1) is 0 Å². The Labute approximate surface area is 99.7 Å². The molecule has 0 fully saturated rings. The first-order chi connectivity index (χ1) is 8.20. The summed E-state index contributed by atoms with van der Waals surface area (Å²) in [5, 5.41) is 17.3. The normalized spacial score (nSPS) is 12.9. The lowest BCUT2D eigenvalue weighted by Gasteiger charge is -2.11. The van der Waals surface area contributed by atoms with Crippen molar-refractivity contribution in [1.82, 2.24) is 19.7 Å². The third-order valence-electron chi connectivity index (χ3n) is 2.67. The van der Waals surface area contributed by atoms with E-state index in [9.17, 15) is 0 Å². The van der Waals surface area contributed by atoms with Crippen molar-refractivity contribution in [2.24, 2.45) is 13.0 Å². The number of anilines is 1. The molecule has 2 aromatic heterocycles. The van der Waals surface area contributed by atoms with E-state index >= 15 is 0 Å². The fourth-order valence-electron chi connectivity index (χ4n) is 1.68. The first-order valence-electron chi connectivity index (χ1n) is 5.69. The van der Waals surface area contributed by atoms with Gasteiger partial charge >= 0.3 is 0 Å². The van der Waals surface area contributed by atoms with Crippen molar-refractivity contribution in [2.75, 3.05) is 18.5 Å². The zero-order valence-corrected chi connectivity index (χ0v) is 10.1. The second-order valence-corrected chi connectivity index (χ2v) is 4.26. The van der Waals surface area contributed by atoms with Gasteiger partial charge in [0.2, 0.25) is 0 Å². The second kappa shape index (κ2) is 5.09. The van der Waals surface area contributed by atoms with Gasteiger partial charge < -0.3 is 10.4 Å². The monoisotopic (exact) mass is 235 g/mol. The highest BCUT2D eigenvalue weighted by molar-refractivity contribution is 5.85. The molecule has 2 rings (SSSR count). The van der Waals surface area contributed by atoms with E-state index in [-0.39, 0.29) is 6.61 Å². The molecule has 0 amide bonds. The molecule has 1 unspecified atom stereocenters. The highest BCUT2D eigenvalue weighted by Crippen LogP contribution is 2.17. The van der Waals surface area contributed by atoms with Crippen LogP contribution >= 0.6 is 0 Å². The lowest BCUT2D eigenvalue weighted by atomic mass is 10.1. The Morgan fingerprint density at radius 2 is 2.29 bits per heavy atom. The van der Waals surface area contributed by atoms with Gasteiger partial charge in [0.25, 0.3) is 0 Å². The molecule has 0 saturated heterocycles. The summed E-state index contributed by atoms with van der Waals surface area (Å²) in [4.78, 5) is 8.32. The van der Waals surface area contributed by atoms with Crippen molar-refractivity contribution < 1.29 is 5.11 Å². The van der Waals surface area contributed by atoms with E-state index in [2.05, 4.69) is 27.3 Å². The molecule has 6 heteroatoms. The van der Waals surface area contributed by atoms with Gasteiger partial charge in [-0.25, -0.2) is 9.97 Å². The summed E-state index contributed by atoms with van der Waals surface area (Å²) in [5.41, 5.74) is 0.694. The van der Waals surface area contributed by atoms with Gasteiger partial charge in [0.05, 0.1) is 5.39 Å². The van der Waals surface area contributed by atoms with E-state index in [1.165, 1.54) is 6.33 Å². The molecule has 0 saturated carbocycles. The number of nitrogens with zero attached hydrogens (tertiary/aromatic N) is 4. The molecule has 2 N–H and O–H groups in total. The Morgan fingerprint density at radius 1 is 1.47 bits per heavy atom. The molecule has 0 radical (unpaired) electrons. The van der Waals surface area contributed by atoms with Crippen LogP contribution in [0.25, 0.3) is 11.0 Å². The van der Waals surface area contributed by atoms with E-state index in [4.69, 9.17) is 5.11 Å². The quantitative estimate of drug-likeness (QED) is 0.801. The number of nitrogens with one attached hydrogen (secondary N) is 1. The Balaban J connectivity index is 2.12. The zero-order chi connectivity index (χ0) is 12.3. The number of aliphatic hydroxyl groups is 1. The maximum atomic E-state index is 8.84. The average Bonchev–Trinajstić information content (AvgIpc) is 2.67. The zero-order valence-electron chi connectivity index (χ0n) is 10.1. The van der Waals surface area contributed by atoms with Crippen LogP contribution in [0.3, 0.4) is 0 Å². The average molecular weight is 235 g/mol. The fraction of sp³-hybridized carbons (Fsp3) is 0.545. The number of aliphatic hydroxyl groups excluding tert-OH is 1. The van der Waals surface area contributed by atoms with Crippen molar-refractivity contribution in [3.63, 3.8) is 0 Å². The topological polar surface area (TPSA) is 75.9 Å². The van der Waals surface area contributed by atoms with Gasteiger partial charge in [-0.05, 0) is 12.3 Å². The maximum Gasteiger partial charge on any atom is 0.186 e. The predicted octanol–water partition coefficient (Wildman–Crippen LogP) is 0.794. The van der Waals surface area contributed by atoms with Crippen LogP contribution in [-0.2, 0) is 7.05 Å². The fourth-order valence-corrected chi connectivity index (χ4v) is 1.68. The molecular formula is C11H17N5O. The van der Waals surface area contributed by atoms with Gasteiger partial charge in [0.15, 0.2) is 5.65 Å². The van der Waals surface area contributed by atoms with Crippen LogP contribution in [-0.4, -0.2) is 38.0 Å². The van der Waals surface area contributed by atoms with Crippen LogP contribution in [0.4, 0.5) is 5.82 Å². The number of hydrogen-bond acceptors (Lipinski definition) is 5. The van der Waals surface area contributed by atoms with Gasteiger partial charge in [0, 0.05) is 26.4 Å². The van der Waals surface area contributed by atoms with Gasteiger partial charge in [0.1, 0.15) is 12.1 Å². The van der Waals surface area contributed by atoms with E-state index in [1.54, 1.807) is 4.68 Å². The van der Waals surface area contributed by atoms with E-state index < -0.39 is 0 Å². The summed E-state index contributed by atoms with van der Waals surface area (Å²) in [6.07, 6.45) is 4.19. The third kappa shape index (κ3) is 2.71. The molecule has 92 valence electrons. The van der Waals surface area contributed by atoms with Crippen molar-refractivity contribution in [3.8, 4) is 0 Å². The van der Waals surface area contributed by atoms with Gasteiger partial charge in [-0.1, -0.05) is 6.92 Å². The summed E-state index contributed by atoms with van der Waals surface area (Å²) >= 11 is 0. The summed E-state index contributed by atoms with van der Waals surface area (Å²) in [6.45, 7) is 3.08. The molecule has 6 nitrogen and oxygen atoms in total. The van der Waals surface area contributed by atoms with Crippen LogP contribution in [0.5, 0.6) is 0 Å². The summed E-state index contributed by atoms with van der Waals surface area (Å²) < 4.78 is 1.72. The minimum Gasteiger partial charge on any atom is -0.396 e. The Morgan fingerprint density at radius 3 is 3.06 bits per heavy atom. The van der Waals surface area contributed by atoms with Gasteiger partial charge in [-0.3, -0.25) is 4.68 Å². The lowest BCUT2D eigenvalue weighted by Crippen LogP contribution is -2.13. The highest BCUT2D eigenvalue weighted by Gasteiger charge is 2.08. The molecule has 2 aromatic rings. The SMILES string of the molecule is CC(CCO)CNc1ncnc2nn(C)cc12. The van der Waals surface area contributed by atoms with Crippen molar-refractivity contribution in [1.29, 1.82) is 0 Å². The number of aromatic nitrogens is 4. The number of fused-ring (bicyclic) bond motifs is 1. The van der Waals surface area contributed by atoms with Crippen molar-refractivity contribution >= 4 is 16.9 Å². The molecule has 17 heavy (non-hydrogen) atoms. The summed E-state index contributed by atoms with van der Waals surface area (Å²) in [6, 6.07) is 0. The molecule has 1 atom stereocenters. The second-order valence-electron chi connectivity index (χ2n) is 4.26. The van der Waals surface area contributed by atoms with Crippen molar-refractivity contribution in [2.45, 2.75) is 13.3 Å². The molecule has 0 bridgehead atoms. The smallest absolute Gasteiger partial charge is 0.186 e. The van der Waals surface area contributed by atoms with Crippen LogP contribution in [0.15, 0.2) is 12.5 Å². The van der Waals surface area contributed by atoms with Crippen LogP contribution in [0, 0.1) is 5.92 Å². The number of hydrogen-bond donors (Lipinski definition) is 2. The third-order valence-corrected chi connectivity index (χ3v) is 2.67. The highest BCUT2D eigenvalue weighted by atomic mass is 16.3. The Hall–Kier alpha value is -1.69. The van der Waals surface area contributed by atoms with E-state index in [0.29, 0.717) is 11.6 Å². The Bertz CT molecular complexity index is 496. The molecule has 0 aliphatic carbocycles. The minimum absolute atomic E-state index is 0.217. The van der Waals surface area contributed by atoms with Crippen LogP contribution in [0.1, 0.15) is 13.3 Å². The van der Waals surface area contributed by atoms with E-state index in [1.807, 2.05) is 13.2 Å². The molecule has 0 aliphatic heterocycles. The molecule has 2 heterocycles. The van der Waals surface area contributed by atoms with Crippen LogP contribution in [0.2, 0.25) is 0 Å². The molecular weight excluding hydrogens is 218 g/mol. The number of rotatable bonds is 5. The summed E-state index contributed by atoms with van der Waals surface area (Å²) in [7, 11) is 1.86. The standard InChI is InChI=1S/C11H17N5O/c1-8(3-4-17)5-12-10-9-6-16(2)15-11(9)14-7-13-10/h6-8,17H,3-5H2,1-2H3,(H,12,13,14,15). The van der Waals surface area contributed by atoms with Crippen LogP contribution < -0.4 is 5.32 Å². The van der Waals surface area contributed by atoms with E-state index in [0.717, 1.165) is 24.2 Å². The predicted molar refractivity (Wildman–Crippen MR) is 65.7 cm³/mol. The summed E-state index contributed by atoms with van der Waals surface area (Å²) in [5.74, 6) is 1.20. The Kier molecular flexibility index (Phi) is 3.53. The van der Waals surface area contributed by atoms with Crippen molar-refractivity contribution in [3.05, 3.63) is 12.5 Å². The first kappa shape index (κ1) is 11.8. The largest absolute Gasteiger partial charge is 0.396 e.